The molecule has 0 unspecified atom stereocenters. The van der Waals surface area contributed by atoms with Gasteiger partial charge in [0.1, 0.15) is 5.75 Å². The van der Waals surface area contributed by atoms with Crippen LogP contribution in [0.5, 0.6) is 5.75 Å². The number of amides is 1. The number of hydrogen-bond acceptors (Lipinski definition) is 4. The molecule has 0 saturated carbocycles. The minimum Gasteiger partial charge on any atom is -0.507 e. The molecule has 0 aliphatic carbocycles. The van der Waals surface area contributed by atoms with Gasteiger partial charge in [-0.05, 0) is 46.8 Å². The minimum atomic E-state index is -0.246. The van der Waals surface area contributed by atoms with Crippen molar-refractivity contribution in [3.05, 3.63) is 63.8 Å². The SMILES string of the molecule is Cc1ccsc1C(=O)NN=Cc1cc2ccccc2cc1O. The van der Waals surface area contributed by atoms with Crippen molar-refractivity contribution in [2.24, 2.45) is 5.10 Å². The molecule has 0 fully saturated rings. The summed E-state index contributed by atoms with van der Waals surface area (Å²) in [5.41, 5.74) is 3.96. The Morgan fingerprint density at radius 3 is 2.64 bits per heavy atom. The van der Waals surface area contributed by atoms with Crippen molar-refractivity contribution in [3.63, 3.8) is 0 Å². The Bertz CT molecular complexity index is 868. The molecule has 5 heteroatoms. The van der Waals surface area contributed by atoms with Gasteiger partial charge in [-0.25, -0.2) is 5.43 Å². The van der Waals surface area contributed by atoms with Gasteiger partial charge in [-0.3, -0.25) is 4.79 Å². The van der Waals surface area contributed by atoms with Crippen molar-refractivity contribution in [1.82, 2.24) is 5.43 Å². The lowest BCUT2D eigenvalue weighted by Crippen LogP contribution is -2.17. The fraction of sp³-hybridized carbons (Fsp3) is 0.0588. The molecule has 0 radical (unpaired) electrons. The predicted molar refractivity (Wildman–Crippen MR) is 89.7 cm³/mol. The number of hydrogen-bond donors (Lipinski definition) is 2. The quantitative estimate of drug-likeness (QED) is 0.572. The van der Waals surface area contributed by atoms with Crippen LogP contribution in [0.2, 0.25) is 0 Å². The van der Waals surface area contributed by atoms with Gasteiger partial charge in [0.25, 0.3) is 5.91 Å². The Kier molecular flexibility index (Phi) is 3.89. The van der Waals surface area contributed by atoms with Crippen LogP contribution in [0.25, 0.3) is 10.8 Å². The maximum Gasteiger partial charge on any atom is 0.281 e. The Morgan fingerprint density at radius 2 is 1.95 bits per heavy atom. The highest BCUT2D eigenvalue weighted by atomic mass is 32.1. The lowest BCUT2D eigenvalue weighted by Gasteiger charge is -2.03. The fourth-order valence-electron chi connectivity index (χ4n) is 2.17. The number of fused-ring (bicyclic) bond motifs is 1. The first kappa shape index (κ1) is 14.3. The molecule has 0 saturated heterocycles. The molecule has 0 aliphatic rings. The van der Waals surface area contributed by atoms with E-state index in [9.17, 15) is 9.90 Å². The van der Waals surface area contributed by atoms with Crippen LogP contribution >= 0.6 is 11.3 Å². The first-order chi connectivity index (χ1) is 10.6. The summed E-state index contributed by atoms with van der Waals surface area (Å²) in [5.74, 6) is -0.118. The first-order valence-corrected chi connectivity index (χ1v) is 7.62. The smallest absolute Gasteiger partial charge is 0.281 e. The largest absolute Gasteiger partial charge is 0.507 e. The number of thiophene rings is 1. The molecular formula is C17H14N2O2S. The molecule has 4 nitrogen and oxygen atoms in total. The number of rotatable bonds is 3. The van der Waals surface area contributed by atoms with Gasteiger partial charge in [0.05, 0.1) is 11.1 Å². The standard InChI is InChI=1S/C17H14N2O2S/c1-11-6-7-22-16(11)17(21)19-18-10-14-8-12-4-2-3-5-13(12)9-15(14)20/h2-10,20H,1H3,(H,19,21). The number of nitrogens with zero attached hydrogens (tertiary/aromatic N) is 1. The molecule has 2 aromatic carbocycles. The van der Waals surface area contributed by atoms with Crippen LogP contribution in [-0.2, 0) is 0 Å². The predicted octanol–water partition coefficient (Wildman–Crippen LogP) is 3.68. The van der Waals surface area contributed by atoms with Gasteiger partial charge < -0.3 is 5.11 Å². The molecule has 3 rings (SSSR count). The summed E-state index contributed by atoms with van der Waals surface area (Å²) in [7, 11) is 0. The van der Waals surface area contributed by atoms with E-state index in [1.165, 1.54) is 17.6 Å². The number of hydrazone groups is 1. The molecular weight excluding hydrogens is 296 g/mol. The van der Waals surface area contributed by atoms with Crippen LogP contribution in [0.3, 0.4) is 0 Å². The molecule has 0 bridgehead atoms. The number of phenols is 1. The zero-order valence-electron chi connectivity index (χ0n) is 11.9. The summed E-state index contributed by atoms with van der Waals surface area (Å²) >= 11 is 1.37. The Labute approximate surface area is 131 Å². The van der Waals surface area contributed by atoms with Gasteiger partial charge >= 0.3 is 0 Å². The molecule has 22 heavy (non-hydrogen) atoms. The Morgan fingerprint density at radius 1 is 1.23 bits per heavy atom. The summed E-state index contributed by atoms with van der Waals surface area (Å²) in [6.45, 7) is 1.88. The minimum absolute atomic E-state index is 0.129. The average molecular weight is 310 g/mol. The highest BCUT2D eigenvalue weighted by Crippen LogP contribution is 2.23. The van der Waals surface area contributed by atoms with Crippen molar-refractivity contribution in [2.45, 2.75) is 6.92 Å². The van der Waals surface area contributed by atoms with E-state index in [1.807, 2.05) is 48.7 Å². The van der Waals surface area contributed by atoms with Crippen molar-refractivity contribution in [1.29, 1.82) is 0 Å². The molecule has 0 aliphatic heterocycles. The van der Waals surface area contributed by atoms with E-state index in [0.29, 0.717) is 10.4 Å². The van der Waals surface area contributed by atoms with Gasteiger partial charge in [-0.1, -0.05) is 24.3 Å². The lowest BCUT2D eigenvalue weighted by atomic mass is 10.1. The van der Waals surface area contributed by atoms with Gasteiger partial charge in [0.15, 0.2) is 0 Å². The maximum absolute atomic E-state index is 11.9. The second-order valence-corrected chi connectivity index (χ2v) is 5.81. The number of phenolic OH excluding ortho intramolecular Hbond substituents is 1. The topological polar surface area (TPSA) is 61.7 Å². The van der Waals surface area contributed by atoms with Crippen molar-refractivity contribution < 1.29 is 9.90 Å². The van der Waals surface area contributed by atoms with E-state index in [-0.39, 0.29) is 11.7 Å². The number of carbonyl (C=O) groups excluding carboxylic acids is 1. The lowest BCUT2D eigenvalue weighted by molar-refractivity contribution is 0.0958. The molecule has 0 spiro atoms. The van der Waals surface area contributed by atoms with Crippen LogP contribution in [0.4, 0.5) is 0 Å². The fourth-order valence-corrected chi connectivity index (χ4v) is 2.98. The summed E-state index contributed by atoms with van der Waals surface area (Å²) < 4.78 is 0. The number of aryl methyl sites for hydroxylation is 1. The van der Waals surface area contributed by atoms with Gasteiger partial charge in [0.2, 0.25) is 0 Å². The summed E-state index contributed by atoms with van der Waals surface area (Å²) in [6, 6.07) is 13.1. The van der Waals surface area contributed by atoms with E-state index >= 15 is 0 Å². The van der Waals surface area contributed by atoms with Gasteiger partial charge in [-0.2, -0.15) is 5.10 Å². The van der Waals surface area contributed by atoms with Crippen LogP contribution in [-0.4, -0.2) is 17.2 Å². The number of aromatic hydroxyl groups is 1. The van der Waals surface area contributed by atoms with Crippen molar-refractivity contribution in [3.8, 4) is 5.75 Å². The molecule has 0 atom stereocenters. The third-order valence-electron chi connectivity index (χ3n) is 3.33. The van der Waals surface area contributed by atoms with Gasteiger partial charge in [0, 0.05) is 5.56 Å². The third-order valence-corrected chi connectivity index (χ3v) is 4.35. The molecule has 2 N–H and O–H groups in total. The highest BCUT2D eigenvalue weighted by Gasteiger charge is 2.09. The molecule has 1 amide bonds. The van der Waals surface area contributed by atoms with Crippen molar-refractivity contribution >= 4 is 34.2 Å². The number of benzene rings is 2. The number of carbonyl (C=O) groups is 1. The number of nitrogens with one attached hydrogen (secondary N) is 1. The van der Waals surface area contributed by atoms with Crippen molar-refractivity contribution in [2.75, 3.05) is 0 Å². The Balaban J connectivity index is 1.79. The van der Waals surface area contributed by atoms with Gasteiger partial charge in [-0.15, -0.1) is 11.3 Å². The van der Waals surface area contributed by atoms with E-state index in [0.717, 1.165) is 16.3 Å². The zero-order chi connectivity index (χ0) is 15.5. The zero-order valence-corrected chi connectivity index (χ0v) is 12.7. The maximum atomic E-state index is 11.9. The van der Waals surface area contributed by atoms with E-state index in [2.05, 4.69) is 10.5 Å². The van der Waals surface area contributed by atoms with E-state index in [4.69, 9.17) is 0 Å². The second-order valence-electron chi connectivity index (χ2n) is 4.89. The third kappa shape index (κ3) is 2.84. The van der Waals surface area contributed by atoms with E-state index < -0.39 is 0 Å². The molecule has 110 valence electrons. The summed E-state index contributed by atoms with van der Waals surface area (Å²) in [6.07, 6.45) is 1.45. The molecule has 3 aromatic rings. The van der Waals surface area contributed by atoms with Crippen LogP contribution in [0.15, 0.2) is 52.9 Å². The summed E-state index contributed by atoms with van der Waals surface area (Å²) in [5, 5.41) is 17.7. The normalized spacial score (nSPS) is 11.1. The molecule has 1 heterocycles. The first-order valence-electron chi connectivity index (χ1n) is 6.74. The van der Waals surface area contributed by atoms with E-state index in [1.54, 1.807) is 6.07 Å². The van der Waals surface area contributed by atoms with Crippen LogP contribution in [0, 0.1) is 6.92 Å². The van der Waals surface area contributed by atoms with Crippen LogP contribution in [0.1, 0.15) is 20.8 Å². The van der Waals surface area contributed by atoms with Crippen LogP contribution < -0.4 is 5.43 Å². The monoisotopic (exact) mass is 310 g/mol. The summed E-state index contributed by atoms with van der Waals surface area (Å²) in [4.78, 5) is 12.6. The average Bonchev–Trinajstić information content (AvgIpc) is 2.94. The Hall–Kier alpha value is -2.66. The highest BCUT2D eigenvalue weighted by molar-refractivity contribution is 7.12. The second kappa shape index (κ2) is 5.99. The molecule has 1 aromatic heterocycles.